The van der Waals surface area contributed by atoms with Crippen LogP contribution < -0.4 is 5.32 Å². The van der Waals surface area contributed by atoms with E-state index in [0.717, 1.165) is 11.1 Å². The number of aliphatic hydroxyl groups is 1. The van der Waals surface area contributed by atoms with Crippen LogP contribution in [0.4, 0.5) is 0 Å². The Hall–Kier alpha value is -4.58. The van der Waals surface area contributed by atoms with Gasteiger partial charge in [0.25, 0.3) is 0 Å². The number of hydrogen-bond donors (Lipinski definition) is 2. The van der Waals surface area contributed by atoms with E-state index in [-0.39, 0.29) is 49.1 Å². The average molecular weight is 785 g/mol. The summed E-state index contributed by atoms with van der Waals surface area (Å²) in [6.45, 7) is 7.66. The van der Waals surface area contributed by atoms with Crippen molar-refractivity contribution < 1.29 is 33.8 Å². The molecule has 3 aromatic rings. The van der Waals surface area contributed by atoms with Crippen molar-refractivity contribution in [3.05, 3.63) is 133 Å². The van der Waals surface area contributed by atoms with Crippen LogP contribution in [0, 0.1) is 11.8 Å². The van der Waals surface area contributed by atoms with E-state index in [2.05, 4.69) is 34.4 Å². The van der Waals surface area contributed by atoms with E-state index in [9.17, 15) is 19.5 Å². The molecule has 278 valence electrons. The molecule has 0 aliphatic carbocycles. The van der Waals surface area contributed by atoms with Gasteiger partial charge in [0.2, 0.25) is 17.7 Å². The highest BCUT2D eigenvalue weighted by Crippen LogP contribution is 2.61. The van der Waals surface area contributed by atoms with Crippen LogP contribution in [0.1, 0.15) is 42.1 Å². The normalized spacial score (nSPS) is 25.3. The predicted octanol–water partition coefficient (Wildman–Crippen LogP) is 4.92. The molecule has 0 radical (unpaired) electrons. The van der Waals surface area contributed by atoms with Crippen molar-refractivity contribution in [1.29, 1.82) is 0 Å². The molecule has 0 saturated carbocycles. The number of benzene rings is 3. The van der Waals surface area contributed by atoms with Gasteiger partial charge in [0.1, 0.15) is 17.7 Å². The molecule has 11 heteroatoms. The lowest BCUT2D eigenvalue weighted by Gasteiger charge is -2.39. The Morgan fingerprint density at radius 2 is 1.64 bits per heavy atom. The number of nitrogens with one attached hydrogen (secondary N) is 1. The van der Waals surface area contributed by atoms with E-state index in [0.29, 0.717) is 18.4 Å². The summed E-state index contributed by atoms with van der Waals surface area (Å²) in [6, 6.07) is 26.2. The molecule has 0 aromatic heterocycles. The van der Waals surface area contributed by atoms with Gasteiger partial charge < -0.3 is 29.7 Å². The lowest BCUT2D eigenvalue weighted by molar-refractivity contribution is -0.161. The smallest absolute Gasteiger partial charge is 0.313 e. The molecule has 1 spiro atoms. The van der Waals surface area contributed by atoms with Gasteiger partial charge in [-0.2, -0.15) is 0 Å². The number of fused-ring (bicyclic) bond motifs is 1. The van der Waals surface area contributed by atoms with Crippen LogP contribution in [0.2, 0.25) is 0 Å². The molecule has 3 aliphatic rings. The van der Waals surface area contributed by atoms with E-state index < -0.39 is 60.2 Å². The zero-order valence-corrected chi connectivity index (χ0v) is 31.2. The van der Waals surface area contributed by atoms with E-state index >= 15 is 4.79 Å². The zero-order chi connectivity index (χ0) is 37.5. The summed E-state index contributed by atoms with van der Waals surface area (Å²) in [4.78, 5) is 59.8. The van der Waals surface area contributed by atoms with Gasteiger partial charge in [0.05, 0.1) is 37.1 Å². The fourth-order valence-electron chi connectivity index (χ4n) is 8.15. The van der Waals surface area contributed by atoms with Crippen molar-refractivity contribution >= 4 is 39.6 Å². The lowest BCUT2D eigenvalue weighted by atomic mass is 9.70. The summed E-state index contributed by atoms with van der Waals surface area (Å²) in [7, 11) is 0. The van der Waals surface area contributed by atoms with Crippen molar-refractivity contribution in [2.45, 2.75) is 66.9 Å². The highest BCUT2D eigenvalue weighted by Gasteiger charge is 2.77. The first-order valence-electron chi connectivity index (χ1n) is 18.1. The molecule has 3 amide bonds. The van der Waals surface area contributed by atoms with Gasteiger partial charge in [-0.1, -0.05) is 119 Å². The summed E-state index contributed by atoms with van der Waals surface area (Å²) in [6.07, 6.45) is 3.04. The van der Waals surface area contributed by atoms with E-state index in [1.165, 1.54) is 4.90 Å². The summed E-state index contributed by atoms with van der Waals surface area (Å²) in [5, 5.41) is 13.7. The summed E-state index contributed by atoms with van der Waals surface area (Å²) < 4.78 is 13.0. The third-order valence-corrected chi connectivity index (χ3v) is 11.4. The van der Waals surface area contributed by atoms with Gasteiger partial charge in [-0.3, -0.25) is 19.2 Å². The minimum absolute atomic E-state index is 0.0262. The highest BCUT2D eigenvalue weighted by molar-refractivity contribution is 9.09. The molecule has 8 atom stereocenters. The Labute approximate surface area is 319 Å². The van der Waals surface area contributed by atoms with E-state index in [4.69, 9.17) is 9.47 Å². The van der Waals surface area contributed by atoms with Gasteiger partial charge in [0.15, 0.2) is 0 Å². The number of carbonyl (C=O) groups excluding carboxylic acids is 4. The number of esters is 1. The third-order valence-electron chi connectivity index (χ3n) is 10.5. The first-order valence-corrected chi connectivity index (χ1v) is 19.0. The molecule has 3 heterocycles. The number of alkyl halides is 1. The molecule has 1 unspecified atom stereocenters. The van der Waals surface area contributed by atoms with Gasteiger partial charge in [0, 0.05) is 24.3 Å². The first-order chi connectivity index (χ1) is 25.7. The number of likely N-dealkylation sites (tertiary alicyclic amines) is 1. The van der Waals surface area contributed by atoms with Crippen LogP contribution >= 0.6 is 15.9 Å². The Kier molecular flexibility index (Phi) is 12.3. The number of hydrogen-bond acceptors (Lipinski definition) is 7. The number of allylic oxidation sites excluding steroid dienone is 1. The van der Waals surface area contributed by atoms with Gasteiger partial charge in [-0.25, -0.2) is 0 Å². The van der Waals surface area contributed by atoms with Crippen LogP contribution in [0.5, 0.6) is 0 Å². The number of carbonyl (C=O) groups is 4. The number of rotatable bonds is 17. The Balaban J connectivity index is 1.36. The predicted molar refractivity (Wildman–Crippen MR) is 203 cm³/mol. The molecule has 2 N–H and O–H groups in total. The van der Waals surface area contributed by atoms with Crippen LogP contribution in [0.15, 0.2) is 116 Å². The summed E-state index contributed by atoms with van der Waals surface area (Å²) >= 11 is 3.75. The number of ether oxygens (including phenoxy) is 2. The van der Waals surface area contributed by atoms with Crippen molar-refractivity contribution in [2.75, 3.05) is 19.7 Å². The number of amides is 3. The minimum atomic E-state index is -1.38. The average Bonchev–Trinajstić information content (AvgIpc) is 3.78. The maximum atomic E-state index is 15.0. The summed E-state index contributed by atoms with van der Waals surface area (Å²) in [5.74, 6) is -3.75. The van der Waals surface area contributed by atoms with Crippen molar-refractivity contribution in [2.24, 2.45) is 11.8 Å². The molecule has 3 aliphatic heterocycles. The molecule has 53 heavy (non-hydrogen) atoms. The second-order valence-corrected chi connectivity index (χ2v) is 15.1. The molecule has 2 bridgehead atoms. The maximum Gasteiger partial charge on any atom is 0.313 e. The molecule has 3 fully saturated rings. The zero-order valence-electron chi connectivity index (χ0n) is 29.6. The summed E-state index contributed by atoms with van der Waals surface area (Å²) in [5.41, 5.74) is 1.08. The highest BCUT2D eigenvalue weighted by atomic mass is 79.9. The maximum absolute atomic E-state index is 15.0. The number of aliphatic hydroxyl groups excluding tert-OH is 1. The fourth-order valence-corrected chi connectivity index (χ4v) is 9.10. The standard InChI is InChI=1S/C42H46BrN3O7/c1-3-5-21-34(48)44-25-33(30-19-13-8-14-20-30)52-41(51)35-36-39(49)46(31(27-47)23-28-15-9-6-10-16-28)38(42(36)24-32(43)37(35)53-42)40(50)45(22-4-2)26-29-17-11-7-12-18-29/h3-4,6-20,31-33,35-38,47H,1-2,5,21-27H2,(H,44,48)/t31-,32?,33+,35-,36+,37-,38-,42+/m1/s1. The van der Waals surface area contributed by atoms with Crippen LogP contribution in [0.25, 0.3) is 0 Å². The number of halogens is 1. The molecular formula is C42H46BrN3O7. The molecule has 3 saturated heterocycles. The second-order valence-electron chi connectivity index (χ2n) is 13.9. The van der Waals surface area contributed by atoms with Crippen LogP contribution in [-0.4, -0.2) is 86.9 Å². The lowest BCUT2D eigenvalue weighted by Crippen LogP contribution is -2.59. The minimum Gasteiger partial charge on any atom is -0.455 e. The first kappa shape index (κ1) is 38.2. The van der Waals surface area contributed by atoms with Crippen LogP contribution in [0.3, 0.4) is 0 Å². The molecule has 6 rings (SSSR count). The van der Waals surface area contributed by atoms with E-state index in [1.807, 2.05) is 91.0 Å². The topological polar surface area (TPSA) is 125 Å². The Bertz CT molecular complexity index is 1780. The van der Waals surface area contributed by atoms with Crippen molar-refractivity contribution in [1.82, 2.24) is 15.1 Å². The fraction of sp³-hybridized carbons (Fsp3) is 0.381. The van der Waals surface area contributed by atoms with E-state index in [1.54, 1.807) is 17.1 Å². The molecule has 10 nitrogen and oxygen atoms in total. The number of nitrogens with zero attached hydrogens (tertiary/aromatic N) is 2. The third kappa shape index (κ3) is 7.88. The van der Waals surface area contributed by atoms with Gasteiger partial charge in [-0.05, 0) is 36.0 Å². The second kappa shape index (κ2) is 17.0. The molecule has 3 aromatic carbocycles. The van der Waals surface area contributed by atoms with Gasteiger partial charge in [-0.15, -0.1) is 13.2 Å². The Morgan fingerprint density at radius 1 is 1.00 bits per heavy atom. The largest absolute Gasteiger partial charge is 0.455 e. The van der Waals surface area contributed by atoms with Crippen molar-refractivity contribution in [3.63, 3.8) is 0 Å². The Morgan fingerprint density at radius 3 is 2.26 bits per heavy atom. The molecular weight excluding hydrogens is 738 g/mol. The van der Waals surface area contributed by atoms with Crippen molar-refractivity contribution in [3.8, 4) is 0 Å². The SMILES string of the molecule is C=CCCC(=O)NC[C@H](OC(=O)[C@H]1[C@@H]2O[C@@]3(CC2Br)[C@@H]1C(=O)N([C@@H](CO)Cc1ccccc1)[C@@H]3C(=O)N(CC=C)Cc1ccccc1)c1ccccc1. The van der Waals surface area contributed by atoms with Crippen LogP contribution in [-0.2, 0) is 41.6 Å². The monoisotopic (exact) mass is 783 g/mol. The van der Waals surface area contributed by atoms with Gasteiger partial charge >= 0.3 is 5.97 Å². The quantitative estimate of drug-likeness (QED) is 0.113.